The van der Waals surface area contributed by atoms with Crippen molar-refractivity contribution >= 4 is 17.6 Å². The molecule has 0 aliphatic carbocycles. The molecule has 0 spiro atoms. The Hall–Kier alpha value is -2.49. The van der Waals surface area contributed by atoms with E-state index in [2.05, 4.69) is 10.4 Å². The lowest BCUT2D eigenvalue weighted by Gasteiger charge is -2.15. The van der Waals surface area contributed by atoms with Crippen molar-refractivity contribution in [3.05, 3.63) is 22.5 Å². The first-order chi connectivity index (χ1) is 9.47. The normalized spacial score (nSPS) is 21.6. The zero-order chi connectivity index (χ0) is 14.7. The first kappa shape index (κ1) is 13.9. The Labute approximate surface area is 112 Å². The Morgan fingerprint density at radius 1 is 1.60 bits per heavy atom. The van der Waals surface area contributed by atoms with E-state index < -0.39 is 28.8 Å². The van der Waals surface area contributed by atoms with Crippen LogP contribution in [0.4, 0.5) is 5.69 Å². The van der Waals surface area contributed by atoms with E-state index in [1.807, 2.05) is 0 Å². The average molecular weight is 284 g/mol. The number of amides is 1. The third kappa shape index (κ3) is 3.09. The molecule has 1 amide bonds. The third-order valence-electron chi connectivity index (χ3n) is 2.88. The van der Waals surface area contributed by atoms with Crippen LogP contribution in [0.2, 0.25) is 0 Å². The Morgan fingerprint density at radius 2 is 2.35 bits per heavy atom. The second kappa shape index (κ2) is 5.65. The number of nitrogens with one attached hydrogen (secondary N) is 1. The number of nitro groups is 1. The van der Waals surface area contributed by atoms with Crippen molar-refractivity contribution in [2.45, 2.75) is 12.6 Å². The van der Waals surface area contributed by atoms with Crippen molar-refractivity contribution < 1.29 is 24.4 Å². The summed E-state index contributed by atoms with van der Waals surface area (Å²) in [7, 11) is 0. The maximum atomic E-state index is 11.7. The second-order valence-electron chi connectivity index (χ2n) is 4.31. The summed E-state index contributed by atoms with van der Waals surface area (Å²) in [6, 6.07) is -0.606. The lowest BCUT2D eigenvalue weighted by atomic mass is 10.0. The van der Waals surface area contributed by atoms with Gasteiger partial charge in [0.2, 0.25) is 5.91 Å². The van der Waals surface area contributed by atoms with Crippen LogP contribution < -0.4 is 5.32 Å². The Kier molecular flexibility index (Phi) is 3.94. The summed E-state index contributed by atoms with van der Waals surface area (Å²) in [5.41, 5.74) is -0.217. The van der Waals surface area contributed by atoms with Crippen LogP contribution in [0.3, 0.4) is 0 Å². The van der Waals surface area contributed by atoms with Crippen LogP contribution in [0.25, 0.3) is 0 Å². The average Bonchev–Trinajstić information content (AvgIpc) is 2.97. The predicted molar refractivity (Wildman–Crippen MR) is 62.8 cm³/mol. The van der Waals surface area contributed by atoms with Gasteiger partial charge in [-0.1, -0.05) is 0 Å². The van der Waals surface area contributed by atoms with Gasteiger partial charge in [0.1, 0.15) is 24.9 Å². The van der Waals surface area contributed by atoms with E-state index in [0.717, 1.165) is 17.1 Å². The van der Waals surface area contributed by atoms with E-state index >= 15 is 0 Å². The molecule has 0 radical (unpaired) electrons. The highest BCUT2D eigenvalue weighted by Gasteiger charge is 2.35. The molecule has 108 valence electrons. The van der Waals surface area contributed by atoms with Gasteiger partial charge in [0.25, 0.3) is 0 Å². The van der Waals surface area contributed by atoms with E-state index in [1.54, 1.807) is 0 Å². The summed E-state index contributed by atoms with van der Waals surface area (Å²) in [5, 5.41) is 25.6. The molecule has 0 bridgehead atoms. The maximum Gasteiger partial charge on any atom is 0.311 e. The van der Waals surface area contributed by atoms with Gasteiger partial charge in [0.05, 0.1) is 24.2 Å². The van der Waals surface area contributed by atoms with Crippen molar-refractivity contribution in [3.63, 3.8) is 0 Å². The number of carbonyl (C=O) groups excluding carboxylic acids is 1. The lowest BCUT2D eigenvalue weighted by Crippen LogP contribution is -2.44. The fraction of sp³-hybridized carbons (Fsp3) is 0.500. The molecule has 0 aromatic carbocycles. The Morgan fingerprint density at radius 3 is 2.95 bits per heavy atom. The van der Waals surface area contributed by atoms with Gasteiger partial charge in [-0.15, -0.1) is 0 Å². The SMILES string of the molecule is O=C(Cn1cc([N+](=O)[O-])cn1)NC1COCC1C(=O)O. The number of aromatic nitrogens is 2. The molecule has 2 unspecified atom stereocenters. The van der Waals surface area contributed by atoms with E-state index in [-0.39, 0.29) is 25.4 Å². The Balaban J connectivity index is 1.91. The van der Waals surface area contributed by atoms with E-state index in [4.69, 9.17) is 9.84 Å². The van der Waals surface area contributed by atoms with Crippen LogP contribution in [0.1, 0.15) is 0 Å². The van der Waals surface area contributed by atoms with Gasteiger partial charge in [0.15, 0.2) is 0 Å². The highest BCUT2D eigenvalue weighted by Crippen LogP contribution is 2.14. The summed E-state index contributed by atoms with van der Waals surface area (Å²) in [6.45, 7) is -0.0494. The fourth-order valence-corrected chi connectivity index (χ4v) is 1.87. The molecule has 2 atom stereocenters. The molecule has 1 aromatic heterocycles. The standard InChI is InChI=1S/C10H12N4O6/c15-9(3-13-2-6(1-11-13)14(18)19)12-8-5-20-4-7(8)10(16)17/h1-2,7-8H,3-5H2,(H,12,15)(H,16,17). The van der Waals surface area contributed by atoms with Gasteiger partial charge >= 0.3 is 11.7 Å². The summed E-state index contributed by atoms with van der Waals surface area (Å²) >= 11 is 0. The van der Waals surface area contributed by atoms with Crippen molar-refractivity contribution in [2.24, 2.45) is 5.92 Å². The molecule has 2 heterocycles. The minimum Gasteiger partial charge on any atom is -0.481 e. The zero-order valence-corrected chi connectivity index (χ0v) is 10.3. The zero-order valence-electron chi connectivity index (χ0n) is 10.3. The minimum atomic E-state index is -1.04. The molecule has 2 N–H and O–H groups in total. The number of rotatable bonds is 5. The summed E-state index contributed by atoms with van der Waals surface area (Å²) in [4.78, 5) is 32.5. The van der Waals surface area contributed by atoms with Gasteiger partial charge in [-0.2, -0.15) is 5.10 Å². The van der Waals surface area contributed by atoms with E-state index in [9.17, 15) is 19.7 Å². The third-order valence-corrected chi connectivity index (χ3v) is 2.88. The predicted octanol–water partition coefficient (Wildman–Crippen LogP) is -0.993. The number of carboxylic acid groups (broad SMARTS) is 1. The molecular formula is C10H12N4O6. The van der Waals surface area contributed by atoms with Gasteiger partial charge in [0, 0.05) is 0 Å². The molecule has 1 aromatic rings. The van der Waals surface area contributed by atoms with Crippen LogP contribution in [0.15, 0.2) is 12.4 Å². The summed E-state index contributed by atoms with van der Waals surface area (Å²) in [6.07, 6.45) is 2.16. The molecule has 1 aliphatic heterocycles. The van der Waals surface area contributed by atoms with Gasteiger partial charge in [-0.05, 0) is 0 Å². The van der Waals surface area contributed by atoms with Crippen molar-refractivity contribution in [2.75, 3.05) is 13.2 Å². The number of aliphatic carboxylic acids is 1. The lowest BCUT2D eigenvalue weighted by molar-refractivity contribution is -0.385. The van der Waals surface area contributed by atoms with E-state index in [0.29, 0.717) is 0 Å². The highest BCUT2D eigenvalue weighted by molar-refractivity contribution is 5.78. The van der Waals surface area contributed by atoms with Crippen LogP contribution in [0, 0.1) is 16.0 Å². The Bertz CT molecular complexity index is 542. The van der Waals surface area contributed by atoms with Gasteiger partial charge in [-0.3, -0.25) is 24.4 Å². The highest BCUT2D eigenvalue weighted by atomic mass is 16.6. The number of hydrogen-bond acceptors (Lipinski definition) is 6. The molecule has 10 nitrogen and oxygen atoms in total. The van der Waals surface area contributed by atoms with Gasteiger partial charge < -0.3 is 15.2 Å². The van der Waals surface area contributed by atoms with Crippen molar-refractivity contribution in [1.82, 2.24) is 15.1 Å². The monoisotopic (exact) mass is 284 g/mol. The first-order valence-corrected chi connectivity index (χ1v) is 5.74. The van der Waals surface area contributed by atoms with Crippen molar-refractivity contribution in [3.8, 4) is 0 Å². The topological polar surface area (TPSA) is 137 Å². The molecule has 1 fully saturated rings. The van der Waals surface area contributed by atoms with Gasteiger partial charge in [-0.25, -0.2) is 0 Å². The molecule has 10 heteroatoms. The molecule has 20 heavy (non-hydrogen) atoms. The number of carboxylic acids is 1. The quantitative estimate of drug-likeness (QED) is 0.523. The number of nitrogens with zero attached hydrogens (tertiary/aromatic N) is 3. The smallest absolute Gasteiger partial charge is 0.311 e. The summed E-state index contributed by atoms with van der Waals surface area (Å²) < 4.78 is 6.12. The molecule has 1 saturated heterocycles. The van der Waals surface area contributed by atoms with E-state index in [1.165, 1.54) is 0 Å². The largest absolute Gasteiger partial charge is 0.481 e. The number of carbonyl (C=O) groups is 2. The maximum absolute atomic E-state index is 11.7. The van der Waals surface area contributed by atoms with Crippen molar-refractivity contribution in [1.29, 1.82) is 0 Å². The van der Waals surface area contributed by atoms with Crippen LogP contribution in [-0.2, 0) is 20.9 Å². The fourth-order valence-electron chi connectivity index (χ4n) is 1.87. The molecular weight excluding hydrogens is 272 g/mol. The first-order valence-electron chi connectivity index (χ1n) is 5.74. The van der Waals surface area contributed by atoms with Crippen LogP contribution in [-0.4, -0.2) is 50.9 Å². The summed E-state index contributed by atoms with van der Waals surface area (Å²) in [5.74, 6) is -2.31. The molecule has 1 aliphatic rings. The van der Waals surface area contributed by atoms with Crippen LogP contribution >= 0.6 is 0 Å². The molecule has 2 rings (SSSR count). The number of ether oxygens (including phenoxy) is 1. The second-order valence-corrected chi connectivity index (χ2v) is 4.31. The number of hydrogen-bond donors (Lipinski definition) is 2. The minimum absolute atomic E-state index is 0.0491. The van der Waals surface area contributed by atoms with Crippen LogP contribution in [0.5, 0.6) is 0 Å². The molecule has 0 saturated carbocycles.